The predicted octanol–water partition coefficient (Wildman–Crippen LogP) is 2.08. The van der Waals surface area contributed by atoms with Crippen LogP contribution in [0.2, 0.25) is 0 Å². The standard InChI is InChI=1S/C9H8N2O3/c1-14-9-6-4-5-10-7(6)2-3-8(9)11(12)13/h2-5,10H,1H3. The van der Waals surface area contributed by atoms with Gasteiger partial charge in [-0.15, -0.1) is 0 Å². The number of ether oxygens (including phenoxy) is 1. The van der Waals surface area contributed by atoms with Gasteiger partial charge in [0.2, 0.25) is 5.75 Å². The first kappa shape index (κ1) is 8.55. The zero-order valence-corrected chi connectivity index (χ0v) is 7.48. The van der Waals surface area contributed by atoms with Gasteiger partial charge in [-0.05, 0) is 12.1 Å². The molecule has 0 amide bonds. The highest BCUT2D eigenvalue weighted by Gasteiger charge is 2.17. The Hall–Kier alpha value is -2.04. The van der Waals surface area contributed by atoms with Gasteiger partial charge in [0.15, 0.2) is 0 Å². The van der Waals surface area contributed by atoms with Crippen molar-refractivity contribution in [2.45, 2.75) is 0 Å². The molecule has 1 aromatic heterocycles. The molecule has 0 bridgehead atoms. The summed E-state index contributed by atoms with van der Waals surface area (Å²) in [4.78, 5) is 13.2. The number of nitrogens with one attached hydrogen (secondary N) is 1. The highest BCUT2D eigenvalue weighted by molar-refractivity contribution is 5.89. The van der Waals surface area contributed by atoms with Gasteiger partial charge in [-0.2, -0.15) is 0 Å². The molecule has 0 fully saturated rings. The molecular formula is C9H8N2O3. The second-order valence-corrected chi connectivity index (χ2v) is 2.81. The van der Waals surface area contributed by atoms with Crippen LogP contribution in [0.5, 0.6) is 5.75 Å². The first-order valence-electron chi connectivity index (χ1n) is 4.02. The van der Waals surface area contributed by atoms with Crippen molar-refractivity contribution in [2.24, 2.45) is 0 Å². The summed E-state index contributed by atoms with van der Waals surface area (Å²) in [6, 6.07) is 4.84. The molecule has 2 rings (SSSR count). The van der Waals surface area contributed by atoms with Gasteiger partial charge >= 0.3 is 5.69 Å². The van der Waals surface area contributed by atoms with E-state index >= 15 is 0 Å². The van der Waals surface area contributed by atoms with Crippen LogP contribution >= 0.6 is 0 Å². The largest absolute Gasteiger partial charge is 0.490 e. The third-order valence-electron chi connectivity index (χ3n) is 2.06. The number of nitro benzene ring substituents is 1. The van der Waals surface area contributed by atoms with E-state index in [-0.39, 0.29) is 5.69 Å². The van der Waals surface area contributed by atoms with Gasteiger partial charge in [0.1, 0.15) is 0 Å². The quantitative estimate of drug-likeness (QED) is 0.585. The first-order chi connectivity index (χ1) is 6.74. The molecule has 0 saturated carbocycles. The van der Waals surface area contributed by atoms with E-state index in [0.717, 1.165) is 10.9 Å². The molecule has 0 aliphatic heterocycles. The van der Waals surface area contributed by atoms with Crippen LogP contribution < -0.4 is 4.74 Å². The molecule has 14 heavy (non-hydrogen) atoms. The minimum atomic E-state index is -0.453. The fraction of sp³-hybridized carbons (Fsp3) is 0.111. The van der Waals surface area contributed by atoms with Crippen molar-refractivity contribution < 1.29 is 9.66 Å². The fourth-order valence-corrected chi connectivity index (χ4v) is 1.45. The zero-order chi connectivity index (χ0) is 10.1. The smallest absolute Gasteiger partial charge is 0.311 e. The van der Waals surface area contributed by atoms with Crippen LogP contribution in [0.4, 0.5) is 5.69 Å². The molecule has 0 aliphatic carbocycles. The van der Waals surface area contributed by atoms with Gasteiger partial charge in [-0.3, -0.25) is 10.1 Å². The van der Waals surface area contributed by atoms with Crippen molar-refractivity contribution >= 4 is 16.6 Å². The zero-order valence-electron chi connectivity index (χ0n) is 7.48. The number of hydrogen-bond donors (Lipinski definition) is 1. The van der Waals surface area contributed by atoms with Crippen LogP contribution in [0.25, 0.3) is 10.9 Å². The molecule has 0 aliphatic rings. The topological polar surface area (TPSA) is 68.2 Å². The molecule has 0 atom stereocenters. The van der Waals surface area contributed by atoms with E-state index in [0.29, 0.717) is 5.75 Å². The number of aromatic amines is 1. The Bertz CT molecular complexity index is 490. The Morgan fingerprint density at radius 2 is 2.21 bits per heavy atom. The summed E-state index contributed by atoms with van der Waals surface area (Å²) in [6.45, 7) is 0. The Balaban J connectivity index is 2.78. The number of methoxy groups -OCH3 is 1. The number of rotatable bonds is 2. The van der Waals surface area contributed by atoms with Crippen LogP contribution in [0.15, 0.2) is 24.4 Å². The predicted molar refractivity (Wildman–Crippen MR) is 51.5 cm³/mol. The summed E-state index contributed by atoms with van der Waals surface area (Å²) < 4.78 is 5.02. The van der Waals surface area contributed by atoms with E-state index in [2.05, 4.69) is 4.98 Å². The molecule has 1 heterocycles. The molecule has 2 aromatic rings. The molecule has 0 spiro atoms. The minimum Gasteiger partial charge on any atom is -0.490 e. The fourth-order valence-electron chi connectivity index (χ4n) is 1.45. The second-order valence-electron chi connectivity index (χ2n) is 2.81. The summed E-state index contributed by atoms with van der Waals surface area (Å²) in [5.41, 5.74) is 0.812. The van der Waals surface area contributed by atoms with E-state index in [1.54, 1.807) is 18.3 Å². The molecule has 0 radical (unpaired) electrons. The molecular weight excluding hydrogens is 184 g/mol. The Kier molecular flexibility index (Phi) is 1.85. The second kappa shape index (κ2) is 3.02. The molecule has 72 valence electrons. The molecule has 5 heteroatoms. The highest BCUT2D eigenvalue weighted by Crippen LogP contribution is 2.34. The summed E-state index contributed by atoms with van der Waals surface area (Å²) in [5, 5.41) is 11.4. The van der Waals surface area contributed by atoms with Gasteiger partial charge in [0.05, 0.1) is 12.0 Å². The Morgan fingerprint density at radius 3 is 2.86 bits per heavy atom. The van der Waals surface area contributed by atoms with Gasteiger partial charge in [0.25, 0.3) is 0 Å². The maximum Gasteiger partial charge on any atom is 0.311 e. The SMILES string of the molecule is COc1c([N+](=O)[O-])ccc2[nH]ccc12. The lowest BCUT2D eigenvalue weighted by Gasteiger charge is -2.02. The lowest BCUT2D eigenvalue weighted by atomic mass is 10.2. The normalized spacial score (nSPS) is 10.4. The van der Waals surface area contributed by atoms with Gasteiger partial charge in [0, 0.05) is 23.2 Å². The highest BCUT2D eigenvalue weighted by atomic mass is 16.6. The maximum absolute atomic E-state index is 10.7. The number of hydrogen-bond acceptors (Lipinski definition) is 3. The maximum atomic E-state index is 10.7. The van der Waals surface area contributed by atoms with Crippen LogP contribution in [-0.2, 0) is 0 Å². The van der Waals surface area contributed by atoms with Crippen molar-refractivity contribution in [3.8, 4) is 5.75 Å². The van der Waals surface area contributed by atoms with Crippen LogP contribution in [0.1, 0.15) is 0 Å². The van der Waals surface area contributed by atoms with Gasteiger partial charge in [-0.1, -0.05) is 0 Å². The van der Waals surface area contributed by atoms with Gasteiger partial charge in [-0.25, -0.2) is 0 Å². The average Bonchev–Trinajstić information content (AvgIpc) is 2.63. The first-order valence-corrected chi connectivity index (χ1v) is 4.02. The number of H-pyrrole nitrogens is 1. The molecule has 1 N–H and O–H groups in total. The van der Waals surface area contributed by atoms with Crippen molar-refractivity contribution in [1.82, 2.24) is 4.98 Å². The third kappa shape index (κ3) is 1.10. The number of nitrogens with zero attached hydrogens (tertiary/aromatic N) is 1. The number of fused-ring (bicyclic) bond motifs is 1. The molecule has 0 unspecified atom stereocenters. The lowest BCUT2D eigenvalue weighted by molar-refractivity contribution is -0.385. The summed E-state index contributed by atoms with van der Waals surface area (Å²) in [7, 11) is 1.43. The Labute approximate surface area is 79.5 Å². The minimum absolute atomic E-state index is 0.0143. The molecule has 5 nitrogen and oxygen atoms in total. The Morgan fingerprint density at radius 1 is 1.43 bits per heavy atom. The van der Waals surface area contributed by atoms with E-state index in [9.17, 15) is 10.1 Å². The van der Waals surface area contributed by atoms with Crippen LogP contribution in [0.3, 0.4) is 0 Å². The van der Waals surface area contributed by atoms with E-state index in [1.165, 1.54) is 13.2 Å². The van der Waals surface area contributed by atoms with Crippen molar-refractivity contribution in [2.75, 3.05) is 7.11 Å². The van der Waals surface area contributed by atoms with Crippen LogP contribution in [-0.4, -0.2) is 17.0 Å². The average molecular weight is 192 g/mol. The van der Waals surface area contributed by atoms with Gasteiger partial charge < -0.3 is 9.72 Å². The number of aromatic nitrogens is 1. The third-order valence-corrected chi connectivity index (χ3v) is 2.06. The number of nitro groups is 1. The van der Waals surface area contributed by atoms with E-state index in [1.807, 2.05) is 0 Å². The molecule has 1 aromatic carbocycles. The number of benzene rings is 1. The monoisotopic (exact) mass is 192 g/mol. The summed E-state index contributed by atoms with van der Waals surface area (Å²) >= 11 is 0. The summed E-state index contributed by atoms with van der Waals surface area (Å²) in [5.74, 6) is 0.300. The lowest BCUT2D eigenvalue weighted by Crippen LogP contribution is -1.93. The van der Waals surface area contributed by atoms with Crippen LogP contribution in [0, 0.1) is 10.1 Å². The van der Waals surface area contributed by atoms with Crippen molar-refractivity contribution in [3.05, 3.63) is 34.5 Å². The van der Waals surface area contributed by atoms with E-state index in [4.69, 9.17) is 4.74 Å². The summed E-state index contributed by atoms with van der Waals surface area (Å²) in [6.07, 6.45) is 1.72. The van der Waals surface area contributed by atoms with E-state index < -0.39 is 4.92 Å². The molecule has 0 saturated heterocycles. The van der Waals surface area contributed by atoms with Crippen molar-refractivity contribution in [1.29, 1.82) is 0 Å². The van der Waals surface area contributed by atoms with Crippen molar-refractivity contribution in [3.63, 3.8) is 0 Å².